The molecule has 3 rings (SSSR count). The first kappa shape index (κ1) is 13.1. The third kappa shape index (κ3) is 2.29. The smallest absolute Gasteiger partial charge is 0.132 e. The molecule has 2 nitrogen and oxygen atoms in total. The van der Waals surface area contributed by atoms with Crippen LogP contribution in [-0.2, 0) is 12.8 Å². The molecular formula is C17H17FO2. The van der Waals surface area contributed by atoms with Crippen LogP contribution < -0.4 is 4.74 Å². The van der Waals surface area contributed by atoms with Crippen molar-refractivity contribution >= 4 is 0 Å². The number of methoxy groups -OCH3 is 1. The molecule has 1 N–H and O–H groups in total. The predicted molar refractivity (Wildman–Crippen MR) is 75.3 cm³/mol. The second kappa shape index (κ2) is 5.25. The van der Waals surface area contributed by atoms with E-state index < -0.39 is 11.9 Å². The molecule has 1 atom stereocenters. The lowest BCUT2D eigenvalue weighted by Gasteiger charge is -2.19. The van der Waals surface area contributed by atoms with Crippen molar-refractivity contribution in [3.8, 4) is 5.75 Å². The number of fused-ring (bicyclic) bond motifs is 1. The first-order chi connectivity index (χ1) is 9.69. The summed E-state index contributed by atoms with van der Waals surface area (Å²) in [6, 6.07) is 12.8. The standard InChI is InChI=1S/C17H17FO2/c1-20-14-6-7-15(16(18)10-14)17(19)13-8-11-4-2-3-5-12(11)9-13/h2-7,10,13,17,19H,8-9H2,1H3. The molecule has 0 spiro atoms. The van der Waals surface area contributed by atoms with Gasteiger partial charge in [0, 0.05) is 11.6 Å². The maximum Gasteiger partial charge on any atom is 0.132 e. The Morgan fingerprint density at radius 2 is 1.80 bits per heavy atom. The average molecular weight is 272 g/mol. The Hall–Kier alpha value is -1.87. The summed E-state index contributed by atoms with van der Waals surface area (Å²) in [6.07, 6.45) is 0.805. The van der Waals surface area contributed by atoms with Gasteiger partial charge in [-0.1, -0.05) is 24.3 Å². The van der Waals surface area contributed by atoms with Gasteiger partial charge >= 0.3 is 0 Å². The van der Waals surface area contributed by atoms with Crippen molar-refractivity contribution in [2.75, 3.05) is 7.11 Å². The molecule has 0 amide bonds. The molecule has 1 unspecified atom stereocenters. The van der Waals surface area contributed by atoms with E-state index in [1.165, 1.54) is 24.3 Å². The highest BCUT2D eigenvalue weighted by Gasteiger charge is 2.29. The number of benzene rings is 2. The van der Waals surface area contributed by atoms with Crippen LogP contribution in [0, 0.1) is 11.7 Å². The first-order valence-corrected chi connectivity index (χ1v) is 6.77. The largest absolute Gasteiger partial charge is 0.497 e. The van der Waals surface area contributed by atoms with Crippen LogP contribution in [0.2, 0.25) is 0 Å². The Kier molecular flexibility index (Phi) is 3.45. The summed E-state index contributed by atoms with van der Waals surface area (Å²) in [4.78, 5) is 0. The predicted octanol–water partition coefficient (Wildman–Crippen LogP) is 3.28. The molecule has 0 radical (unpaired) electrons. The molecule has 3 heteroatoms. The SMILES string of the molecule is COc1ccc(C(O)C2Cc3ccccc3C2)c(F)c1. The number of halogens is 1. The van der Waals surface area contributed by atoms with Crippen LogP contribution in [0.4, 0.5) is 4.39 Å². The normalized spacial score (nSPS) is 15.9. The zero-order chi connectivity index (χ0) is 14.1. The Bertz CT molecular complexity index is 599. The van der Waals surface area contributed by atoms with Crippen LogP contribution in [0.1, 0.15) is 22.8 Å². The minimum Gasteiger partial charge on any atom is -0.497 e. The number of aliphatic hydroxyl groups is 1. The average Bonchev–Trinajstić information content (AvgIpc) is 2.90. The van der Waals surface area contributed by atoms with E-state index in [4.69, 9.17) is 4.74 Å². The van der Waals surface area contributed by atoms with E-state index in [1.54, 1.807) is 12.1 Å². The minimum absolute atomic E-state index is 0.0373. The van der Waals surface area contributed by atoms with Gasteiger partial charge in [-0.2, -0.15) is 0 Å². The van der Waals surface area contributed by atoms with Gasteiger partial charge in [0.1, 0.15) is 11.6 Å². The van der Waals surface area contributed by atoms with Gasteiger partial charge in [-0.05, 0) is 42.0 Å². The number of hydrogen-bond acceptors (Lipinski definition) is 2. The fraction of sp³-hybridized carbons (Fsp3) is 0.294. The van der Waals surface area contributed by atoms with Gasteiger partial charge in [-0.3, -0.25) is 0 Å². The Balaban J connectivity index is 1.82. The molecule has 0 bridgehead atoms. The monoisotopic (exact) mass is 272 g/mol. The molecule has 0 fully saturated rings. The van der Waals surface area contributed by atoms with Gasteiger partial charge < -0.3 is 9.84 Å². The molecule has 0 aliphatic heterocycles. The van der Waals surface area contributed by atoms with Crippen molar-refractivity contribution in [1.82, 2.24) is 0 Å². The van der Waals surface area contributed by atoms with Crippen molar-refractivity contribution in [2.45, 2.75) is 18.9 Å². The molecule has 2 aromatic rings. The Labute approximate surface area is 117 Å². The lowest BCUT2D eigenvalue weighted by Crippen LogP contribution is -2.14. The highest BCUT2D eigenvalue weighted by molar-refractivity contribution is 5.35. The summed E-state index contributed by atoms with van der Waals surface area (Å²) >= 11 is 0. The lowest BCUT2D eigenvalue weighted by atomic mass is 9.93. The molecule has 20 heavy (non-hydrogen) atoms. The molecule has 1 aliphatic rings. The number of hydrogen-bond donors (Lipinski definition) is 1. The Morgan fingerprint density at radius 1 is 1.15 bits per heavy atom. The van der Waals surface area contributed by atoms with Gasteiger partial charge in [0.05, 0.1) is 13.2 Å². The van der Waals surface area contributed by atoms with E-state index >= 15 is 0 Å². The minimum atomic E-state index is -0.784. The molecule has 1 aliphatic carbocycles. The van der Waals surface area contributed by atoms with Crippen LogP contribution >= 0.6 is 0 Å². The summed E-state index contributed by atoms with van der Waals surface area (Å²) in [5, 5.41) is 10.5. The summed E-state index contributed by atoms with van der Waals surface area (Å²) in [5.41, 5.74) is 2.86. The third-order valence-electron chi connectivity index (χ3n) is 4.06. The zero-order valence-electron chi connectivity index (χ0n) is 11.3. The van der Waals surface area contributed by atoms with E-state index in [0.717, 1.165) is 12.8 Å². The highest BCUT2D eigenvalue weighted by Crippen LogP contribution is 2.36. The van der Waals surface area contributed by atoms with Crippen LogP contribution in [0.3, 0.4) is 0 Å². The second-order valence-corrected chi connectivity index (χ2v) is 5.27. The lowest BCUT2D eigenvalue weighted by molar-refractivity contribution is 0.109. The van der Waals surface area contributed by atoms with Crippen LogP contribution in [0.25, 0.3) is 0 Å². The molecule has 0 aromatic heterocycles. The van der Waals surface area contributed by atoms with Gasteiger partial charge in [0.2, 0.25) is 0 Å². The molecule has 0 saturated carbocycles. The van der Waals surface area contributed by atoms with E-state index in [0.29, 0.717) is 11.3 Å². The summed E-state index contributed by atoms with van der Waals surface area (Å²) in [6.45, 7) is 0. The van der Waals surface area contributed by atoms with Crippen LogP contribution in [0.15, 0.2) is 42.5 Å². The maximum atomic E-state index is 14.0. The quantitative estimate of drug-likeness (QED) is 0.929. The van der Waals surface area contributed by atoms with Gasteiger partial charge in [0.25, 0.3) is 0 Å². The van der Waals surface area contributed by atoms with E-state index in [2.05, 4.69) is 12.1 Å². The van der Waals surface area contributed by atoms with E-state index in [-0.39, 0.29) is 5.92 Å². The van der Waals surface area contributed by atoms with E-state index in [1.807, 2.05) is 12.1 Å². The van der Waals surface area contributed by atoms with Gasteiger partial charge in [-0.25, -0.2) is 4.39 Å². The molecule has 104 valence electrons. The Morgan fingerprint density at radius 3 is 2.35 bits per heavy atom. The second-order valence-electron chi connectivity index (χ2n) is 5.27. The van der Waals surface area contributed by atoms with Crippen molar-refractivity contribution in [3.05, 3.63) is 65.0 Å². The van der Waals surface area contributed by atoms with Crippen molar-refractivity contribution in [3.63, 3.8) is 0 Å². The summed E-state index contributed by atoms with van der Waals surface area (Å²) < 4.78 is 19.0. The number of aliphatic hydroxyl groups excluding tert-OH is 1. The fourth-order valence-corrected chi connectivity index (χ4v) is 2.94. The van der Waals surface area contributed by atoms with Crippen molar-refractivity contribution in [1.29, 1.82) is 0 Å². The fourth-order valence-electron chi connectivity index (χ4n) is 2.94. The topological polar surface area (TPSA) is 29.5 Å². The van der Waals surface area contributed by atoms with Gasteiger partial charge in [0.15, 0.2) is 0 Å². The van der Waals surface area contributed by atoms with Gasteiger partial charge in [-0.15, -0.1) is 0 Å². The zero-order valence-corrected chi connectivity index (χ0v) is 11.3. The molecule has 0 heterocycles. The highest BCUT2D eigenvalue weighted by atomic mass is 19.1. The third-order valence-corrected chi connectivity index (χ3v) is 4.06. The van der Waals surface area contributed by atoms with Crippen molar-refractivity contribution < 1.29 is 14.2 Å². The van der Waals surface area contributed by atoms with Crippen LogP contribution in [-0.4, -0.2) is 12.2 Å². The van der Waals surface area contributed by atoms with E-state index in [9.17, 15) is 9.50 Å². The number of rotatable bonds is 3. The van der Waals surface area contributed by atoms with Crippen LogP contribution in [0.5, 0.6) is 5.75 Å². The first-order valence-electron chi connectivity index (χ1n) is 6.77. The molecular weight excluding hydrogens is 255 g/mol. The maximum absolute atomic E-state index is 14.0. The molecule has 2 aromatic carbocycles. The van der Waals surface area contributed by atoms with Crippen molar-refractivity contribution in [2.24, 2.45) is 5.92 Å². The number of ether oxygens (including phenoxy) is 1. The molecule has 0 saturated heterocycles. The summed E-state index contributed by atoms with van der Waals surface area (Å²) in [5.74, 6) is 0.0938. The summed E-state index contributed by atoms with van der Waals surface area (Å²) in [7, 11) is 1.50.